The zero-order chi connectivity index (χ0) is 22.3. The number of alkyl halides is 1. The van der Waals surface area contributed by atoms with Gasteiger partial charge in [0.1, 0.15) is 17.8 Å². The van der Waals surface area contributed by atoms with Crippen molar-refractivity contribution in [3.63, 3.8) is 0 Å². The molecule has 1 aliphatic heterocycles. The fraction of sp³-hybridized carbons (Fsp3) is 0.409. The van der Waals surface area contributed by atoms with E-state index < -0.39 is 39.9 Å². The highest BCUT2D eigenvalue weighted by molar-refractivity contribution is 7.88. The molecule has 3 atom stereocenters. The molecule has 2 fully saturated rings. The lowest BCUT2D eigenvalue weighted by molar-refractivity contribution is -0.133. The molecule has 0 spiro atoms. The first-order valence-corrected chi connectivity index (χ1v) is 12.0. The summed E-state index contributed by atoms with van der Waals surface area (Å²) in [6, 6.07) is 8.12. The molecule has 1 heterocycles. The van der Waals surface area contributed by atoms with Crippen LogP contribution in [0.4, 0.5) is 13.2 Å². The van der Waals surface area contributed by atoms with E-state index in [-0.39, 0.29) is 35.9 Å². The average Bonchev–Trinajstić information content (AvgIpc) is 3.50. The van der Waals surface area contributed by atoms with Crippen LogP contribution in [0.2, 0.25) is 0 Å². The molecule has 1 saturated carbocycles. The maximum atomic E-state index is 15.3. The summed E-state index contributed by atoms with van der Waals surface area (Å²) in [6.45, 7) is -0.238. The molecular weight excluding hydrogens is 429 g/mol. The van der Waals surface area contributed by atoms with Gasteiger partial charge in [0.05, 0.1) is 24.9 Å². The Labute approximate surface area is 179 Å². The number of benzene rings is 2. The normalized spacial score (nSPS) is 23.9. The van der Waals surface area contributed by atoms with Crippen molar-refractivity contribution in [3.8, 4) is 11.1 Å². The monoisotopic (exact) mass is 452 g/mol. The van der Waals surface area contributed by atoms with Crippen molar-refractivity contribution in [3.05, 3.63) is 59.7 Å². The summed E-state index contributed by atoms with van der Waals surface area (Å²) in [4.78, 5) is 14.1. The van der Waals surface area contributed by atoms with Crippen molar-refractivity contribution in [1.82, 2.24) is 9.62 Å². The Hall–Kier alpha value is -2.39. The van der Waals surface area contributed by atoms with Crippen LogP contribution in [0.5, 0.6) is 0 Å². The second-order valence-electron chi connectivity index (χ2n) is 8.26. The van der Waals surface area contributed by atoms with E-state index in [0.717, 1.165) is 6.26 Å². The zero-order valence-electron chi connectivity index (χ0n) is 16.9. The van der Waals surface area contributed by atoms with Crippen molar-refractivity contribution < 1.29 is 26.4 Å². The Bertz CT molecular complexity index is 1100. The molecule has 2 aliphatic rings. The molecule has 0 radical (unpaired) electrons. The summed E-state index contributed by atoms with van der Waals surface area (Å²) in [6.07, 6.45) is 0.685. The third-order valence-corrected chi connectivity index (χ3v) is 6.48. The second-order valence-corrected chi connectivity index (χ2v) is 10.0. The first-order chi connectivity index (χ1) is 14.6. The summed E-state index contributed by atoms with van der Waals surface area (Å²) in [5.74, 6) is -1.52. The largest absolute Gasteiger partial charge is 0.334 e. The lowest BCUT2D eigenvalue weighted by Gasteiger charge is -2.28. The van der Waals surface area contributed by atoms with Crippen molar-refractivity contribution in [1.29, 1.82) is 0 Å². The van der Waals surface area contributed by atoms with Crippen molar-refractivity contribution in [2.75, 3.05) is 12.8 Å². The van der Waals surface area contributed by atoms with Crippen LogP contribution in [0.3, 0.4) is 0 Å². The Morgan fingerprint density at radius 1 is 1.16 bits per heavy atom. The number of hydrogen-bond acceptors (Lipinski definition) is 3. The summed E-state index contributed by atoms with van der Waals surface area (Å²) in [5, 5.41) is 0. The second kappa shape index (κ2) is 8.27. The van der Waals surface area contributed by atoms with Crippen LogP contribution in [0.25, 0.3) is 11.1 Å². The van der Waals surface area contributed by atoms with Gasteiger partial charge in [-0.05, 0) is 42.5 Å². The number of halogens is 3. The van der Waals surface area contributed by atoms with Gasteiger partial charge in [-0.1, -0.05) is 30.3 Å². The molecule has 1 N–H and O–H groups in total. The van der Waals surface area contributed by atoms with Gasteiger partial charge in [-0.15, -0.1) is 0 Å². The standard InChI is InChI=1S/C22H23F3N2O3S/c1-31(29,30)26-21-18(24)12-27(22(28)13-8-9-13)19(21)11-15-5-3-7-17(20(15)25)14-4-2-6-16(23)10-14/h2-7,10,13,18-19,21,26H,8-9,11-12H2,1H3/t18-,19-,21-/m0/s1. The zero-order valence-corrected chi connectivity index (χ0v) is 17.7. The Morgan fingerprint density at radius 3 is 2.52 bits per heavy atom. The Morgan fingerprint density at radius 2 is 1.87 bits per heavy atom. The number of nitrogens with one attached hydrogen (secondary N) is 1. The minimum Gasteiger partial charge on any atom is -0.334 e. The molecule has 0 bridgehead atoms. The van der Waals surface area contributed by atoms with Crippen LogP contribution in [0.15, 0.2) is 42.5 Å². The highest BCUT2D eigenvalue weighted by Crippen LogP contribution is 2.36. The van der Waals surface area contributed by atoms with Gasteiger partial charge in [0.25, 0.3) is 0 Å². The number of amides is 1. The minimum atomic E-state index is -3.75. The third kappa shape index (κ3) is 4.77. The first-order valence-electron chi connectivity index (χ1n) is 10.1. The number of carbonyl (C=O) groups is 1. The van der Waals surface area contributed by atoms with Crippen LogP contribution in [0.1, 0.15) is 18.4 Å². The molecule has 166 valence electrons. The molecule has 1 aliphatic carbocycles. The van der Waals surface area contributed by atoms with E-state index in [4.69, 9.17) is 0 Å². The third-order valence-electron chi connectivity index (χ3n) is 5.78. The number of hydrogen-bond donors (Lipinski definition) is 1. The van der Waals surface area contributed by atoms with Crippen LogP contribution >= 0.6 is 0 Å². The highest BCUT2D eigenvalue weighted by atomic mass is 32.2. The Balaban J connectivity index is 1.68. The van der Waals surface area contributed by atoms with E-state index in [1.54, 1.807) is 12.1 Å². The van der Waals surface area contributed by atoms with E-state index in [1.165, 1.54) is 35.2 Å². The first kappa shape index (κ1) is 21.8. The van der Waals surface area contributed by atoms with E-state index in [1.807, 2.05) is 0 Å². The molecule has 1 saturated heterocycles. The fourth-order valence-electron chi connectivity index (χ4n) is 4.17. The van der Waals surface area contributed by atoms with E-state index in [0.29, 0.717) is 18.4 Å². The van der Waals surface area contributed by atoms with Crippen LogP contribution < -0.4 is 4.72 Å². The lowest BCUT2D eigenvalue weighted by atomic mass is 9.95. The summed E-state index contributed by atoms with van der Waals surface area (Å²) >= 11 is 0. The number of sulfonamides is 1. The predicted octanol–water partition coefficient (Wildman–Crippen LogP) is 3.05. The average molecular weight is 452 g/mol. The van der Waals surface area contributed by atoms with E-state index >= 15 is 4.39 Å². The Kier molecular flexibility index (Phi) is 5.83. The molecule has 5 nitrogen and oxygen atoms in total. The van der Waals surface area contributed by atoms with Gasteiger partial charge in [0.15, 0.2) is 0 Å². The molecule has 2 aromatic rings. The van der Waals surface area contributed by atoms with Gasteiger partial charge in [-0.25, -0.2) is 26.3 Å². The maximum absolute atomic E-state index is 15.3. The van der Waals surface area contributed by atoms with Gasteiger partial charge in [0.2, 0.25) is 15.9 Å². The lowest BCUT2D eigenvalue weighted by Crippen LogP contribution is -2.49. The molecule has 4 rings (SSSR count). The van der Waals surface area contributed by atoms with Gasteiger partial charge in [-0.2, -0.15) is 0 Å². The van der Waals surface area contributed by atoms with Crippen molar-refractivity contribution in [2.45, 2.75) is 37.5 Å². The molecule has 0 aromatic heterocycles. The predicted molar refractivity (Wildman–Crippen MR) is 110 cm³/mol. The SMILES string of the molecule is CS(=O)(=O)N[C@H]1[C@@H](F)CN(C(=O)C2CC2)[C@H]1Cc1cccc(-c2cccc(F)c2)c1F. The van der Waals surface area contributed by atoms with Gasteiger partial charge < -0.3 is 4.90 Å². The number of nitrogens with zero attached hydrogens (tertiary/aromatic N) is 1. The number of carbonyl (C=O) groups excluding carboxylic acids is 1. The molecule has 31 heavy (non-hydrogen) atoms. The van der Waals surface area contributed by atoms with E-state index in [2.05, 4.69) is 4.72 Å². The molecule has 2 aromatic carbocycles. The van der Waals surface area contributed by atoms with Gasteiger partial charge in [-0.3, -0.25) is 4.79 Å². The summed E-state index contributed by atoms with van der Waals surface area (Å²) < 4.78 is 69.6. The number of rotatable bonds is 6. The summed E-state index contributed by atoms with van der Waals surface area (Å²) in [5.41, 5.74) is 0.736. The van der Waals surface area contributed by atoms with Crippen LogP contribution in [-0.2, 0) is 21.2 Å². The maximum Gasteiger partial charge on any atom is 0.226 e. The quantitative estimate of drug-likeness (QED) is 0.733. The minimum absolute atomic E-state index is 0.0684. The molecule has 0 unspecified atom stereocenters. The van der Waals surface area contributed by atoms with Crippen LogP contribution in [0, 0.1) is 17.6 Å². The van der Waals surface area contributed by atoms with Crippen molar-refractivity contribution >= 4 is 15.9 Å². The fourth-order valence-corrected chi connectivity index (χ4v) is 4.97. The van der Waals surface area contributed by atoms with Crippen molar-refractivity contribution in [2.24, 2.45) is 5.92 Å². The van der Waals surface area contributed by atoms with Gasteiger partial charge >= 0.3 is 0 Å². The van der Waals surface area contributed by atoms with Gasteiger partial charge in [0, 0.05) is 11.5 Å². The molecule has 9 heteroatoms. The highest BCUT2D eigenvalue weighted by Gasteiger charge is 2.48. The molecule has 1 amide bonds. The summed E-state index contributed by atoms with van der Waals surface area (Å²) in [7, 11) is -3.75. The van der Waals surface area contributed by atoms with Crippen LogP contribution in [-0.4, -0.2) is 50.3 Å². The van der Waals surface area contributed by atoms with E-state index in [9.17, 15) is 22.0 Å². The smallest absolute Gasteiger partial charge is 0.226 e. The number of likely N-dealkylation sites (tertiary alicyclic amines) is 1. The topological polar surface area (TPSA) is 66.5 Å². The molecular formula is C22H23F3N2O3S.